The predicted octanol–water partition coefficient (Wildman–Crippen LogP) is 13.9. The van der Waals surface area contributed by atoms with E-state index in [1.807, 2.05) is 0 Å². The molecule has 51 heavy (non-hydrogen) atoms. The number of fused-ring (bicyclic) bond motifs is 2. The van der Waals surface area contributed by atoms with E-state index in [9.17, 15) is 0 Å². The summed E-state index contributed by atoms with van der Waals surface area (Å²) in [5, 5.41) is 0. The van der Waals surface area contributed by atoms with Gasteiger partial charge in [0.05, 0.1) is 20.3 Å². The molecule has 8 saturated carbocycles. The van der Waals surface area contributed by atoms with Crippen LogP contribution in [-0.2, 0) is 9.47 Å². The van der Waals surface area contributed by atoms with Crippen LogP contribution in [0.3, 0.4) is 0 Å². The minimum Gasteiger partial charge on any atom is -0.378 e. The molecule has 0 bridgehead atoms. The maximum Gasteiger partial charge on any atom is 0.0575 e. The number of hydrogen-bond acceptors (Lipinski definition) is 2. The van der Waals surface area contributed by atoms with E-state index in [0.717, 1.165) is 95.3 Å². The Labute approximate surface area is 317 Å². The molecule has 0 N–H and O–H groups in total. The fraction of sp³-hybridized carbons (Fsp3) is 1.00. The highest BCUT2D eigenvalue weighted by Gasteiger charge is 2.60. The molecule has 0 aromatic carbocycles. The van der Waals surface area contributed by atoms with Crippen molar-refractivity contribution in [2.24, 2.45) is 71.0 Å². The lowest BCUT2D eigenvalue weighted by molar-refractivity contribution is -0.00809. The minimum absolute atomic E-state index is 0.591. The van der Waals surface area contributed by atoms with Gasteiger partial charge in [0.25, 0.3) is 0 Å². The molecule has 0 aromatic heterocycles. The highest BCUT2D eigenvalue weighted by Crippen LogP contribution is 2.67. The van der Waals surface area contributed by atoms with Crippen LogP contribution in [-0.4, -0.2) is 33.5 Å². The van der Waals surface area contributed by atoms with Crippen molar-refractivity contribution in [1.29, 1.82) is 0 Å². The molecule has 0 amide bonds. The number of hydrogen-bond donors (Lipinski definition) is 0. The first-order valence-corrected chi connectivity index (χ1v) is 27.3. The lowest BCUT2D eigenvalue weighted by atomic mass is 9.64. The molecule has 10 unspecified atom stereocenters. The summed E-state index contributed by atoms with van der Waals surface area (Å²) in [5.41, 5.74) is 2.19. The third-order valence-electron chi connectivity index (χ3n) is 18.7. The summed E-state index contributed by atoms with van der Waals surface area (Å²) in [4.78, 5) is 0. The topological polar surface area (TPSA) is 18.5 Å². The smallest absolute Gasteiger partial charge is 0.0575 e. The van der Waals surface area contributed by atoms with Gasteiger partial charge in [-0.25, -0.2) is 0 Å². The summed E-state index contributed by atoms with van der Waals surface area (Å²) in [6.45, 7) is 13.6. The quantitative estimate of drug-likeness (QED) is 0.209. The summed E-state index contributed by atoms with van der Waals surface area (Å²) in [6, 6.07) is 0. The van der Waals surface area contributed by atoms with Crippen molar-refractivity contribution < 1.29 is 9.47 Å². The van der Waals surface area contributed by atoms with Gasteiger partial charge in [0.2, 0.25) is 0 Å². The maximum absolute atomic E-state index is 6.51. The van der Waals surface area contributed by atoms with Crippen LogP contribution in [0.1, 0.15) is 181 Å². The summed E-state index contributed by atoms with van der Waals surface area (Å²) < 4.78 is 13.0. The Morgan fingerprint density at radius 1 is 0.392 bits per heavy atom. The minimum atomic E-state index is -1.45. The molecule has 0 spiro atoms. The highest BCUT2D eigenvalue weighted by molar-refractivity contribution is 6.80. The van der Waals surface area contributed by atoms with Gasteiger partial charge in [-0.05, 0) is 185 Å². The van der Waals surface area contributed by atoms with Crippen LogP contribution in [0, 0.1) is 71.0 Å². The highest BCUT2D eigenvalue weighted by atomic mass is 28.3. The van der Waals surface area contributed by atoms with Gasteiger partial charge in [0, 0.05) is 13.2 Å². The van der Waals surface area contributed by atoms with Crippen molar-refractivity contribution in [3.63, 3.8) is 0 Å². The zero-order chi connectivity index (χ0) is 35.0. The van der Waals surface area contributed by atoms with Crippen LogP contribution >= 0.6 is 0 Å². The lowest BCUT2D eigenvalue weighted by Crippen LogP contribution is -2.47. The summed E-state index contributed by atoms with van der Waals surface area (Å²) in [7, 11) is -1.45. The molecular weight excluding hydrogens is 637 g/mol. The van der Waals surface area contributed by atoms with Crippen LogP contribution in [0.5, 0.6) is 0 Å². The van der Waals surface area contributed by atoms with E-state index in [4.69, 9.17) is 9.47 Å². The normalized spacial score (nSPS) is 46.1. The first kappa shape index (κ1) is 38.0. The fourth-order valence-electron chi connectivity index (χ4n) is 16.8. The molecule has 0 aliphatic heterocycles. The second-order valence-electron chi connectivity index (χ2n) is 21.9. The first-order chi connectivity index (χ1) is 24.9. The van der Waals surface area contributed by atoms with Crippen molar-refractivity contribution in [2.75, 3.05) is 13.2 Å². The molecule has 8 aliphatic rings. The van der Waals surface area contributed by atoms with Crippen molar-refractivity contribution in [3.8, 4) is 0 Å². The Hall–Kier alpha value is 0.137. The molecular formula is C48H84O2Si. The van der Waals surface area contributed by atoms with Crippen molar-refractivity contribution in [1.82, 2.24) is 0 Å². The predicted molar refractivity (Wildman–Crippen MR) is 218 cm³/mol. The zero-order valence-corrected chi connectivity index (χ0v) is 35.4. The first-order valence-electron chi connectivity index (χ1n) is 24.1. The molecule has 8 aliphatic carbocycles. The van der Waals surface area contributed by atoms with Gasteiger partial charge in [0.1, 0.15) is 0 Å². The SMILES string of the molecule is CC1CC2C(C3CCC(COC4CCCCC4)CC3)CCCC2C1[Si](C)(C)C1C(C)CC2C(C3CCC(COC4CCCCC4)CC3)CCCC21. The van der Waals surface area contributed by atoms with Crippen LogP contribution in [0.4, 0.5) is 0 Å². The monoisotopic (exact) mass is 721 g/mol. The summed E-state index contributed by atoms with van der Waals surface area (Å²) >= 11 is 0. The molecule has 8 rings (SSSR count). The van der Waals surface area contributed by atoms with E-state index in [2.05, 4.69) is 26.9 Å². The second kappa shape index (κ2) is 17.1. The van der Waals surface area contributed by atoms with E-state index in [0.29, 0.717) is 12.2 Å². The third-order valence-corrected chi connectivity index (χ3v) is 24.2. The number of ether oxygens (including phenoxy) is 2. The molecule has 3 heteroatoms. The van der Waals surface area contributed by atoms with Gasteiger partial charge in [-0.15, -0.1) is 0 Å². The largest absolute Gasteiger partial charge is 0.378 e. The van der Waals surface area contributed by atoms with Gasteiger partial charge < -0.3 is 9.47 Å². The molecule has 0 aromatic rings. The van der Waals surface area contributed by atoms with Crippen molar-refractivity contribution >= 4 is 8.07 Å². The van der Waals surface area contributed by atoms with E-state index in [1.54, 1.807) is 51.4 Å². The molecule has 292 valence electrons. The molecule has 10 atom stereocenters. The van der Waals surface area contributed by atoms with Crippen LogP contribution in [0.15, 0.2) is 0 Å². The Balaban J connectivity index is 0.863. The summed E-state index contributed by atoms with van der Waals surface area (Å²) in [5.74, 6) is 12.1. The van der Waals surface area contributed by atoms with E-state index >= 15 is 0 Å². The second-order valence-corrected chi connectivity index (χ2v) is 26.9. The van der Waals surface area contributed by atoms with Gasteiger partial charge in [0.15, 0.2) is 0 Å². The number of rotatable bonds is 10. The van der Waals surface area contributed by atoms with E-state index in [1.165, 1.54) is 116 Å². The fourth-order valence-corrected chi connectivity index (χ4v) is 23.5. The standard InChI is InChI=1S/C48H84O2Si/c1-33-29-45-41(37-25-21-35(22-26-37)31-49-39-13-7-5-8-14-39)17-11-19-43(45)47(33)51(3,4)48-34(2)30-46-42(18-12-20-44(46)48)38-27-23-36(24-28-38)32-50-40-15-9-6-10-16-40/h33-48H,5-32H2,1-4H3. The third kappa shape index (κ3) is 8.32. The Bertz CT molecular complexity index is 979. The molecule has 8 fully saturated rings. The van der Waals surface area contributed by atoms with Gasteiger partial charge in [-0.3, -0.25) is 0 Å². The van der Waals surface area contributed by atoms with Crippen molar-refractivity contribution in [2.45, 2.75) is 217 Å². The Morgan fingerprint density at radius 2 is 0.765 bits per heavy atom. The molecule has 2 nitrogen and oxygen atoms in total. The molecule has 0 radical (unpaired) electrons. The zero-order valence-electron chi connectivity index (χ0n) is 34.4. The average Bonchev–Trinajstić information content (AvgIpc) is 3.70. The summed E-state index contributed by atoms with van der Waals surface area (Å²) in [6.07, 6.45) is 39.5. The lowest BCUT2D eigenvalue weighted by Gasteiger charge is -2.50. The van der Waals surface area contributed by atoms with Crippen LogP contribution < -0.4 is 0 Å². The van der Waals surface area contributed by atoms with Crippen molar-refractivity contribution in [3.05, 3.63) is 0 Å². The average molecular weight is 721 g/mol. The van der Waals surface area contributed by atoms with Crippen LogP contribution in [0.25, 0.3) is 0 Å². The van der Waals surface area contributed by atoms with E-state index < -0.39 is 8.07 Å². The Morgan fingerprint density at radius 3 is 1.16 bits per heavy atom. The van der Waals surface area contributed by atoms with Gasteiger partial charge in [-0.1, -0.05) is 91.1 Å². The molecule has 0 heterocycles. The van der Waals surface area contributed by atoms with Crippen LogP contribution in [0.2, 0.25) is 24.2 Å². The molecule has 0 saturated heterocycles. The van der Waals surface area contributed by atoms with Gasteiger partial charge >= 0.3 is 0 Å². The Kier molecular flexibility index (Phi) is 12.8. The van der Waals surface area contributed by atoms with Gasteiger partial charge in [-0.2, -0.15) is 0 Å². The van der Waals surface area contributed by atoms with E-state index in [-0.39, 0.29) is 0 Å². The maximum atomic E-state index is 6.51.